The number of pyridine rings is 1. The van der Waals surface area contributed by atoms with Crippen molar-refractivity contribution in [2.24, 2.45) is 5.73 Å². The summed E-state index contributed by atoms with van der Waals surface area (Å²) >= 11 is 1.27. The van der Waals surface area contributed by atoms with Crippen molar-refractivity contribution in [3.8, 4) is 10.4 Å². The molecule has 4 N–H and O–H groups in total. The minimum absolute atomic E-state index is 0.0868. The molecule has 1 saturated heterocycles. The number of nitrogens with two attached hydrogens (primary N) is 2. The number of alkyl halides is 3. The maximum atomic E-state index is 13.1. The normalized spacial score (nSPS) is 20.3. The number of aromatic nitrogens is 2. The fourth-order valence-electron chi connectivity index (χ4n) is 3.72. The summed E-state index contributed by atoms with van der Waals surface area (Å²) in [5, 5.41) is 1.15. The van der Waals surface area contributed by atoms with Gasteiger partial charge in [0.2, 0.25) is 0 Å². The Kier molecular flexibility index (Phi) is 5.58. The van der Waals surface area contributed by atoms with Gasteiger partial charge in [-0.05, 0) is 24.6 Å². The van der Waals surface area contributed by atoms with Gasteiger partial charge in [-0.3, -0.25) is 9.69 Å². The minimum atomic E-state index is -4.42. The molecule has 1 aromatic carbocycles. The van der Waals surface area contributed by atoms with Crippen molar-refractivity contribution in [2.75, 3.05) is 18.8 Å². The van der Waals surface area contributed by atoms with Crippen LogP contribution in [0.1, 0.15) is 23.0 Å². The summed E-state index contributed by atoms with van der Waals surface area (Å²) in [7, 11) is 0. The Balaban J connectivity index is 1.68. The Morgan fingerprint density at radius 1 is 1.32 bits per heavy atom. The molecule has 31 heavy (non-hydrogen) atoms. The Labute approximate surface area is 179 Å². The van der Waals surface area contributed by atoms with Crippen LogP contribution in [-0.2, 0) is 11.3 Å². The van der Waals surface area contributed by atoms with Gasteiger partial charge in [-0.1, -0.05) is 23.5 Å². The maximum absolute atomic E-state index is 13.1. The average Bonchev–Trinajstić information content (AvgIpc) is 3.12. The molecule has 11 heteroatoms. The highest BCUT2D eigenvalue weighted by atomic mass is 32.1. The molecule has 1 amide bonds. The van der Waals surface area contributed by atoms with Crippen molar-refractivity contribution < 1.29 is 22.7 Å². The van der Waals surface area contributed by atoms with Gasteiger partial charge in [0.25, 0.3) is 5.91 Å². The standard InChI is InChI=1S/C20H20F3N5O2S/c1-10-7-28(9-17(30-10)20(21,22)23)8-11-2-3-12-13(16-6-26-19(25)31-16)5-15(18(24)29)27-14(12)4-11/h2-6,10,17H,7-9H2,1H3,(H2,24,29)(H2,25,26). The number of anilines is 1. The predicted molar refractivity (Wildman–Crippen MR) is 111 cm³/mol. The summed E-state index contributed by atoms with van der Waals surface area (Å²) < 4.78 is 44.5. The van der Waals surface area contributed by atoms with Crippen LogP contribution in [0.2, 0.25) is 0 Å². The molecule has 0 spiro atoms. The lowest BCUT2D eigenvalue weighted by molar-refractivity contribution is -0.252. The molecule has 2 atom stereocenters. The molecular weight excluding hydrogens is 431 g/mol. The fraction of sp³-hybridized carbons (Fsp3) is 0.350. The summed E-state index contributed by atoms with van der Waals surface area (Å²) in [6, 6.07) is 7.02. The second-order valence-corrected chi connectivity index (χ2v) is 8.57. The number of fused-ring (bicyclic) bond motifs is 1. The number of hydrogen-bond acceptors (Lipinski definition) is 7. The second kappa shape index (κ2) is 8.06. The molecular formula is C20H20F3N5O2S. The number of primary amides is 1. The summed E-state index contributed by atoms with van der Waals surface area (Å²) in [6.07, 6.45) is -5.16. The van der Waals surface area contributed by atoms with E-state index in [-0.39, 0.29) is 12.2 Å². The van der Waals surface area contributed by atoms with Gasteiger partial charge in [-0.2, -0.15) is 13.2 Å². The lowest BCUT2D eigenvalue weighted by Gasteiger charge is -2.37. The van der Waals surface area contributed by atoms with Crippen LogP contribution in [0.5, 0.6) is 0 Å². The van der Waals surface area contributed by atoms with Gasteiger partial charge in [-0.25, -0.2) is 9.97 Å². The van der Waals surface area contributed by atoms with Crippen LogP contribution >= 0.6 is 11.3 Å². The van der Waals surface area contributed by atoms with Crippen LogP contribution in [0.4, 0.5) is 18.3 Å². The van der Waals surface area contributed by atoms with E-state index in [1.165, 1.54) is 11.3 Å². The molecule has 4 rings (SSSR count). The lowest BCUT2D eigenvalue weighted by Crippen LogP contribution is -2.51. The van der Waals surface area contributed by atoms with Gasteiger partial charge in [0.15, 0.2) is 11.2 Å². The number of carbonyl (C=O) groups is 1. The number of hydrogen-bond donors (Lipinski definition) is 2. The molecule has 0 saturated carbocycles. The Morgan fingerprint density at radius 3 is 2.74 bits per heavy atom. The van der Waals surface area contributed by atoms with E-state index in [1.54, 1.807) is 30.2 Å². The molecule has 2 unspecified atom stereocenters. The number of nitrogen functional groups attached to an aromatic ring is 1. The Bertz CT molecular complexity index is 1130. The highest BCUT2D eigenvalue weighted by Gasteiger charge is 2.44. The largest absolute Gasteiger partial charge is 0.415 e. The SMILES string of the molecule is CC1CN(Cc2ccc3c(-c4cnc(N)s4)cc(C(N)=O)nc3c2)CC(C(F)(F)F)O1. The topological polar surface area (TPSA) is 107 Å². The zero-order chi connectivity index (χ0) is 22.3. The third-order valence-corrected chi connectivity index (χ3v) is 5.88. The predicted octanol–water partition coefficient (Wildman–Crippen LogP) is 3.19. The number of amides is 1. The lowest BCUT2D eigenvalue weighted by atomic mass is 10.0. The number of carbonyl (C=O) groups excluding carboxylic acids is 1. The zero-order valence-corrected chi connectivity index (χ0v) is 17.3. The van der Waals surface area contributed by atoms with Crippen LogP contribution in [0, 0.1) is 0 Å². The van der Waals surface area contributed by atoms with E-state index < -0.39 is 24.3 Å². The molecule has 1 aliphatic heterocycles. The highest BCUT2D eigenvalue weighted by molar-refractivity contribution is 7.18. The molecule has 2 aromatic heterocycles. The number of nitrogens with zero attached hydrogens (tertiary/aromatic N) is 3. The van der Waals surface area contributed by atoms with Gasteiger partial charge in [0.1, 0.15) is 5.69 Å². The quantitative estimate of drug-likeness (QED) is 0.631. The third-order valence-electron chi connectivity index (χ3n) is 5.02. The Hall–Kier alpha value is -2.76. The molecule has 0 aliphatic carbocycles. The van der Waals surface area contributed by atoms with Crippen molar-refractivity contribution in [3.05, 3.63) is 41.7 Å². The van der Waals surface area contributed by atoms with Gasteiger partial charge in [0, 0.05) is 36.8 Å². The molecule has 3 aromatic rings. The van der Waals surface area contributed by atoms with Crippen LogP contribution in [-0.4, -0.2) is 52.2 Å². The number of halogens is 3. The number of rotatable bonds is 4. The maximum Gasteiger partial charge on any atom is 0.415 e. The van der Waals surface area contributed by atoms with Crippen molar-refractivity contribution in [1.29, 1.82) is 0 Å². The summed E-state index contributed by atoms with van der Waals surface area (Å²) in [6.45, 7) is 2.05. The van der Waals surface area contributed by atoms with Gasteiger partial charge in [0.05, 0.1) is 16.5 Å². The van der Waals surface area contributed by atoms with E-state index >= 15 is 0 Å². The first-order chi connectivity index (χ1) is 14.6. The molecule has 1 fully saturated rings. The molecule has 3 heterocycles. The van der Waals surface area contributed by atoms with Crippen molar-refractivity contribution >= 4 is 33.3 Å². The molecule has 0 bridgehead atoms. The van der Waals surface area contributed by atoms with Gasteiger partial charge < -0.3 is 16.2 Å². The second-order valence-electron chi connectivity index (χ2n) is 7.50. The van der Waals surface area contributed by atoms with Crippen LogP contribution in [0.15, 0.2) is 30.5 Å². The first-order valence-electron chi connectivity index (χ1n) is 9.50. The van der Waals surface area contributed by atoms with Crippen molar-refractivity contribution in [2.45, 2.75) is 31.9 Å². The molecule has 0 radical (unpaired) electrons. The van der Waals surface area contributed by atoms with Crippen molar-refractivity contribution in [3.63, 3.8) is 0 Å². The molecule has 1 aliphatic rings. The Morgan fingerprint density at radius 2 is 2.10 bits per heavy atom. The zero-order valence-electron chi connectivity index (χ0n) is 16.5. The van der Waals surface area contributed by atoms with E-state index in [0.29, 0.717) is 23.7 Å². The van der Waals surface area contributed by atoms with E-state index in [2.05, 4.69) is 9.97 Å². The van der Waals surface area contributed by atoms with E-state index in [1.807, 2.05) is 12.1 Å². The smallest absolute Gasteiger partial charge is 0.375 e. The average molecular weight is 451 g/mol. The van der Waals surface area contributed by atoms with Crippen molar-refractivity contribution in [1.82, 2.24) is 14.9 Å². The van der Waals surface area contributed by atoms with Gasteiger partial charge >= 0.3 is 6.18 Å². The minimum Gasteiger partial charge on any atom is -0.375 e. The number of morpholine rings is 1. The van der Waals surface area contributed by atoms with Crippen LogP contribution in [0.25, 0.3) is 21.3 Å². The highest BCUT2D eigenvalue weighted by Crippen LogP contribution is 2.34. The summed E-state index contributed by atoms with van der Waals surface area (Å²) in [4.78, 5) is 22.7. The van der Waals surface area contributed by atoms with E-state index in [0.717, 1.165) is 21.4 Å². The molecule has 164 valence electrons. The van der Waals surface area contributed by atoms with Gasteiger partial charge in [-0.15, -0.1) is 0 Å². The third kappa shape index (κ3) is 4.63. The first kappa shape index (κ1) is 21.5. The van der Waals surface area contributed by atoms with E-state index in [9.17, 15) is 18.0 Å². The number of ether oxygens (including phenoxy) is 1. The molecule has 7 nitrogen and oxygen atoms in total. The summed E-state index contributed by atoms with van der Waals surface area (Å²) in [5.41, 5.74) is 13.3. The van der Waals surface area contributed by atoms with Crippen LogP contribution < -0.4 is 11.5 Å². The van der Waals surface area contributed by atoms with Crippen LogP contribution in [0.3, 0.4) is 0 Å². The number of benzene rings is 1. The van der Waals surface area contributed by atoms with E-state index in [4.69, 9.17) is 16.2 Å². The number of thiazole rings is 1. The summed E-state index contributed by atoms with van der Waals surface area (Å²) in [5.74, 6) is -0.680. The monoisotopic (exact) mass is 451 g/mol. The first-order valence-corrected chi connectivity index (χ1v) is 10.3. The fourth-order valence-corrected chi connectivity index (χ4v) is 4.44.